The molecule has 4 heterocycles. The first kappa shape index (κ1) is 32.3. The number of fused-ring (bicyclic) bond motifs is 3. The van der Waals surface area contributed by atoms with Crippen LogP contribution in [0, 0.1) is 34.6 Å². The first-order valence-electron chi connectivity index (χ1n) is 16.7. The molecule has 0 unspecified atom stereocenters. The third-order valence-electron chi connectivity index (χ3n) is 8.22. The van der Waals surface area contributed by atoms with Crippen molar-refractivity contribution in [3.8, 4) is 52.2 Å². The van der Waals surface area contributed by atoms with Crippen molar-refractivity contribution >= 4 is 21.8 Å². The van der Waals surface area contributed by atoms with Crippen LogP contribution in [0.4, 0.5) is 0 Å². The molecular weight excluding hydrogens is 654 g/mol. The minimum absolute atomic E-state index is 0.314. The number of pyridine rings is 2. The number of nitrogens with zero attached hydrogens (tertiary/aromatic N) is 7. The van der Waals surface area contributed by atoms with Gasteiger partial charge in [-0.05, 0) is 118 Å². The Hall–Kier alpha value is -6.88. The summed E-state index contributed by atoms with van der Waals surface area (Å²) in [5.74, 6) is 5.53. The van der Waals surface area contributed by atoms with Crippen LogP contribution < -0.4 is 18.9 Å². The summed E-state index contributed by atoms with van der Waals surface area (Å²) in [7, 11) is 0. The van der Waals surface area contributed by atoms with Gasteiger partial charge in [0.05, 0.1) is 11.0 Å². The monoisotopic (exact) mass is 687 g/mol. The lowest BCUT2D eigenvalue weighted by Gasteiger charge is -2.11. The van der Waals surface area contributed by atoms with E-state index in [1.54, 1.807) is 19.3 Å². The molecule has 0 spiro atoms. The number of ether oxygens (including phenoxy) is 4. The Balaban J connectivity index is 1.15. The topological polar surface area (TPSA) is 119 Å². The Kier molecular flexibility index (Phi) is 8.36. The second-order valence-electron chi connectivity index (χ2n) is 12.7. The summed E-state index contributed by atoms with van der Waals surface area (Å²) >= 11 is 0. The second kappa shape index (κ2) is 13.4. The number of benzene rings is 4. The highest BCUT2D eigenvalue weighted by Gasteiger charge is 2.18. The molecule has 256 valence electrons. The molecule has 0 atom stereocenters. The van der Waals surface area contributed by atoms with E-state index in [2.05, 4.69) is 30.4 Å². The van der Waals surface area contributed by atoms with Gasteiger partial charge in [-0.1, -0.05) is 0 Å². The fourth-order valence-electron chi connectivity index (χ4n) is 5.99. The Bertz CT molecular complexity index is 2450. The second-order valence-corrected chi connectivity index (χ2v) is 12.7. The summed E-state index contributed by atoms with van der Waals surface area (Å²) in [5, 5.41) is 19.1. The molecule has 11 heteroatoms. The summed E-state index contributed by atoms with van der Waals surface area (Å²) in [4.78, 5) is 8.65. The molecule has 0 aliphatic heterocycles. The fraction of sp³-hybridized carbons (Fsp3) is 0.122. The molecule has 0 saturated carbocycles. The largest absolute Gasteiger partial charge is 0.457 e. The van der Waals surface area contributed by atoms with Gasteiger partial charge < -0.3 is 18.9 Å². The Morgan fingerprint density at radius 2 is 0.846 bits per heavy atom. The molecule has 11 nitrogen and oxygen atoms in total. The van der Waals surface area contributed by atoms with Gasteiger partial charge in [-0.3, -0.25) is 4.57 Å². The third kappa shape index (κ3) is 6.92. The van der Waals surface area contributed by atoms with Gasteiger partial charge in [0.1, 0.15) is 34.5 Å². The molecule has 0 aliphatic rings. The molecule has 0 bridgehead atoms. The Morgan fingerprint density at radius 3 is 1.29 bits per heavy atom. The van der Waals surface area contributed by atoms with Crippen LogP contribution in [-0.4, -0.2) is 34.9 Å². The van der Waals surface area contributed by atoms with E-state index in [9.17, 15) is 0 Å². The predicted molar refractivity (Wildman–Crippen MR) is 197 cm³/mol. The zero-order valence-electron chi connectivity index (χ0n) is 29.2. The number of aromatic nitrogens is 7. The van der Waals surface area contributed by atoms with Crippen LogP contribution in [0.2, 0.25) is 0 Å². The summed E-state index contributed by atoms with van der Waals surface area (Å²) in [6.45, 7) is 9.72. The van der Waals surface area contributed by atoms with Gasteiger partial charge in [-0.2, -0.15) is 0 Å². The maximum absolute atomic E-state index is 6.42. The molecule has 0 fully saturated rings. The van der Waals surface area contributed by atoms with E-state index in [0.717, 1.165) is 44.1 Å². The fourth-order valence-corrected chi connectivity index (χ4v) is 5.99. The molecule has 4 aromatic heterocycles. The average Bonchev–Trinajstić information content (AvgIpc) is 3.41. The minimum Gasteiger partial charge on any atom is -0.457 e. The van der Waals surface area contributed by atoms with Crippen LogP contribution in [0.1, 0.15) is 28.1 Å². The van der Waals surface area contributed by atoms with Crippen LogP contribution in [0.3, 0.4) is 0 Å². The minimum atomic E-state index is 0.314. The average molecular weight is 688 g/mol. The van der Waals surface area contributed by atoms with Gasteiger partial charge >= 0.3 is 0 Å². The predicted octanol–water partition coefficient (Wildman–Crippen LogP) is 9.86. The molecular formula is C41H33N7O4. The van der Waals surface area contributed by atoms with Gasteiger partial charge in [0.15, 0.2) is 5.82 Å². The molecule has 0 aliphatic carbocycles. The Morgan fingerprint density at radius 1 is 0.404 bits per heavy atom. The van der Waals surface area contributed by atoms with E-state index in [-0.39, 0.29) is 0 Å². The van der Waals surface area contributed by atoms with Gasteiger partial charge in [0.25, 0.3) is 5.95 Å². The van der Waals surface area contributed by atoms with E-state index in [1.807, 2.05) is 129 Å². The molecule has 52 heavy (non-hydrogen) atoms. The molecule has 0 N–H and O–H groups in total. The van der Waals surface area contributed by atoms with Crippen molar-refractivity contribution in [1.29, 1.82) is 0 Å². The van der Waals surface area contributed by atoms with Crippen molar-refractivity contribution < 1.29 is 18.9 Å². The number of hydrogen-bond acceptors (Lipinski definition) is 10. The first-order chi connectivity index (χ1) is 25.2. The lowest BCUT2D eigenvalue weighted by Crippen LogP contribution is -2.06. The van der Waals surface area contributed by atoms with Crippen LogP contribution in [0.15, 0.2) is 109 Å². The maximum atomic E-state index is 6.42. The highest BCUT2D eigenvalue weighted by Crippen LogP contribution is 2.38. The highest BCUT2D eigenvalue weighted by molar-refractivity contribution is 6.09. The summed E-state index contributed by atoms with van der Waals surface area (Å²) in [6, 6.07) is 30.9. The van der Waals surface area contributed by atoms with E-state index in [1.165, 1.54) is 0 Å². The van der Waals surface area contributed by atoms with Crippen molar-refractivity contribution in [3.05, 3.63) is 138 Å². The Labute approximate surface area is 299 Å². The lowest BCUT2D eigenvalue weighted by molar-refractivity contribution is 0.447. The zero-order valence-corrected chi connectivity index (χ0v) is 29.2. The number of rotatable bonds is 9. The summed E-state index contributed by atoms with van der Waals surface area (Å²) in [6.07, 6.45) is 3.45. The quantitative estimate of drug-likeness (QED) is 0.145. The van der Waals surface area contributed by atoms with Crippen LogP contribution >= 0.6 is 0 Å². The standard InChI is InChI=1S/C41H33N7O4/c1-24-10-12-42-39(18-24)51-33-16-26(3)14-31(20-33)49-29-6-8-35-36-9-7-30(23-38(36)48(37(35)22-29)41-46-44-28(5)45-47-41)50-32-15-27(4)17-34(21-32)52-40-19-25(2)11-13-43-40/h6-23H,1-5H3. The molecule has 8 aromatic rings. The van der Waals surface area contributed by atoms with Crippen molar-refractivity contribution in [2.75, 3.05) is 0 Å². The smallest absolute Gasteiger partial charge is 0.273 e. The maximum Gasteiger partial charge on any atom is 0.273 e. The summed E-state index contributed by atoms with van der Waals surface area (Å²) in [5.41, 5.74) is 5.69. The first-order valence-corrected chi connectivity index (χ1v) is 16.7. The highest BCUT2D eigenvalue weighted by atomic mass is 16.5. The van der Waals surface area contributed by atoms with E-state index >= 15 is 0 Å². The SMILES string of the molecule is Cc1cc(Oc2ccc3c4ccc(Oc5cc(C)cc(Oc6cc(C)ccn6)c5)cc4n(-c4nnc(C)nn4)c3c2)cc(Oc2cc(C)ccn2)c1. The molecule has 0 radical (unpaired) electrons. The van der Waals surface area contributed by atoms with Crippen molar-refractivity contribution in [1.82, 2.24) is 34.9 Å². The van der Waals surface area contributed by atoms with Gasteiger partial charge in [-0.15, -0.1) is 20.4 Å². The zero-order chi connectivity index (χ0) is 35.8. The van der Waals surface area contributed by atoms with Gasteiger partial charge in [0.2, 0.25) is 11.8 Å². The van der Waals surface area contributed by atoms with Crippen molar-refractivity contribution in [2.24, 2.45) is 0 Å². The van der Waals surface area contributed by atoms with E-state index in [0.29, 0.717) is 58.0 Å². The van der Waals surface area contributed by atoms with Crippen molar-refractivity contribution in [2.45, 2.75) is 34.6 Å². The van der Waals surface area contributed by atoms with E-state index < -0.39 is 0 Å². The normalized spacial score (nSPS) is 11.2. The molecule has 8 rings (SSSR count). The van der Waals surface area contributed by atoms with Crippen LogP contribution in [-0.2, 0) is 0 Å². The third-order valence-corrected chi connectivity index (χ3v) is 8.22. The number of aryl methyl sites for hydroxylation is 5. The van der Waals surface area contributed by atoms with E-state index in [4.69, 9.17) is 18.9 Å². The lowest BCUT2D eigenvalue weighted by atomic mass is 10.1. The molecule has 0 saturated heterocycles. The molecule has 4 aromatic carbocycles. The number of hydrogen-bond donors (Lipinski definition) is 0. The molecule has 0 amide bonds. The van der Waals surface area contributed by atoms with Crippen LogP contribution in [0.5, 0.6) is 46.3 Å². The van der Waals surface area contributed by atoms with Crippen molar-refractivity contribution in [3.63, 3.8) is 0 Å². The van der Waals surface area contributed by atoms with Crippen LogP contribution in [0.25, 0.3) is 27.8 Å². The summed E-state index contributed by atoms with van der Waals surface area (Å²) < 4.78 is 26.9. The van der Waals surface area contributed by atoms with Gasteiger partial charge in [0, 0.05) is 59.6 Å². The van der Waals surface area contributed by atoms with Gasteiger partial charge in [-0.25, -0.2) is 9.97 Å².